The molecule has 1 aliphatic rings. The monoisotopic (exact) mass is 1020 g/mol. The summed E-state index contributed by atoms with van der Waals surface area (Å²) in [5.74, 6) is 0. The van der Waals surface area contributed by atoms with Crippen molar-refractivity contribution in [2.45, 2.75) is 51.4 Å². The fourth-order valence-electron chi connectivity index (χ4n) is 8.29. The highest BCUT2D eigenvalue weighted by Gasteiger charge is 2.16. The summed E-state index contributed by atoms with van der Waals surface area (Å²) >= 11 is 0. The van der Waals surface area contributed by atoms with Gasteiger partial charge in [0, 0.05) is 62.0 Å². The molecule has 0 amide bonds. The van der Waals surface area contributed by atoms with Crippen molar-refractivity contribution in [3.05, 3.63) is 119 Å². The molecule has 0 spiro atoms. The minimum Gasteiger partial charge on any atom is -0.303 e. The van der Waals surface area contributed by atoms with Gasteiger partial charge >= 0.3 is 0 Å². The lowest BCUT2D eigenvalue weighted by Crippen LogP contribution is -2.40. The average Bonchev–Trinajstić information content (AvgIpc) is 3.24. The minimum atomic E-state index is -3.37. The Bertz CT molecular complexity index is 2600. The summed E-state index contributed by atoms with van der Waals surface area (Å²) in [6.07, 6.45) is 11.9. The van der Waals surface area contributed by atoms with Crippen LogP contribution in [-0.4, -0.2) is 157 Å². The standard InChI is InChI=1S/C48H72N8O8S4/c1-65(57,58)49-45-17-9-41(10-18-45)25-35-53-29-5-6-30-55(37-27-43-13-21-47(22-14-43)51-67(3,61)62)39-40-56(38-28-44-15-23-48(24-16-44)52-68(4,63)64)34-8-33-54(32-7-31-53)36-26-42-11-19-46(20-12-42)50-66(2,59)60/h9-24,49-52H,5-8,25-40H2,1-4H3. The normalized spacial score (nSPS) is 16.5. The molecule has 0 unspecified atom stereocenters. The zero-order valence-electron chi connectivity index (χ0n) is 40.1. The molecule has 0 saturated carbocycles. The van der Waals surface area contributed by atoms with Crippen LogP contribution in [0.25, 0.3) is 0 Å². The van der Waals surface area contributed by atoms with Crippen LogP contribution in [0.3, 0.4) is 0 Å². The molecule has 4 aromatic carbocycles. The average molecular weight is 1020 g/mol. The predicted molar refractivity (Wildman–Crippen MR) is 279 cm³/mol. The van der Waals surface area contributed by atoms with Crippen LogP contribution in [-0.2, 0) is 65.8 Å². The lowest BCUT2D eigenvalue weighted by molar-refractivity contribution is 0.177. The Kier molecular flexibility index (Phi) is 21.0. The van der Waals surface area contributed by atoms with Gasteiger partial charge in [0.15, 0.2) is 0 Å². The molecule has 4 aromatic rings. The molecule has 0 atom stereocenters. The van der Waals surface area contributed by atoms with Crippen LogP contribution in [0.2, 0.25) is 0 Å². The maximum atomic E-state index is 11.8. The van der Waals surface area contributed by atoms with Crippen molar-refractivity contribution < 1.29 is 33.7 Å². The van der Waals surface area contributed by atoms with E-state index in [1.54, 1.807) is 0 Å². The van der Waals surface area contributed by atoms with E-state index >= 15 is 0 Å². The van der Waals surface area contributed by atoms with Gasteiger partial charge in [0.25, 0.3) is 0 Å². The number of anilines is 4. The van der Waals surface area contributed by atoms with Crippen molar-refractivity contribution in [3.63, 3.8) is 0 Å². The van der Waals surface area contributed by atoms with Crippen molar-refractivity contribution in [1.82, 2.24) is 19.6 Å². The van der Waals surface area contributed by atoms with E-state index in [4.69, 9.17) is 0 Å². The molecule has 4 N–H and O–H groups in total. The van der Waals surface area contributed by atoms with Gasteiger partial charge in [-0.25, -0.2) is 33.7 Å². The third-order valence-corrected chi connectivity index (χ3v) is 14.2. The van der Waals surface area contributed by atoms with E-state index in [0.29, 0.717) is 22.7 Å². The van der Waals surface area contributed by atoms with Crippen molar-refractivity contribution in [1.29, 1.82) is 0 Å². The third-order valence-electron chi connectivity index (χ3n) is 11.7. The third kappa shape index (κ3) is 22.9. The van der Waals surface area contributed by atoms with Crippen molar-refractivity contribution in [3.8, 4) is 0 Å². The Hall–Kier alpha value is -4.28. The fraction of sp³-hybridized carbons (Fsp3) is 0.500. The zero-order valence-corrected chi connectivity index (χ0v) is 43.3. The maximum Gasteiger partial charge on any atom is 0.229 e. The topological polar surface area (TPSA) is 198 Å². The molecule has 68 heavy (non-hydrogen) atoms. The highest BCUT2D eigenvalue weighted by Crippen LogP contribution is 2.17. The second-order valence-corrected chi connectivity index (χ2v) is 25.1. The van der Waals surface area contributed by atoms with Crippen LogP contribution < -0.4 is 18.9 Å². The highest BCUT2D eigenvalue weighted by atomic mass is 32.2. The summed E-state index contributed by atoms with van der Waals surface area (Å²) in [6, 6.07) is 30.4. The van der Waals surface area contributed by atoms with Crippen LogP contribution in [0.1, 0.15) is 47.9 Å². The molecule has 0 aromatic heterocycles. The van der Waals surface area contributed by atoms with Gasteiger partial charge in [0.05, 0.1) is 25.0 Å². The first-order valence-corrected chi connectivity index (χ1v) is 30.8. The van der Waals surface area contributed by atoms with Crippen LogP contribution in [0.5, 0.6) is 0 Å². The van der Waals surface area contributed by atoms with Gasteiger partial charge in [0.1, 0.15) is 0 Å². The summed E-state index contributed by atoms with van der Waals surface area (Å²) < 4.78 is 104. The second kappa shape index (κ2) is 26.1. The van der Waals surface area contributed by atoms with Gasteiger partial charge in [0.2, 0.25) is 40.1 Å². The number of nitrogens with one attached hydrogen (secondary N) is 4. The first-order chi connectivity index (χ1) is 32.1. The summed E-state index contributed by atoms with van der Waals surface area (Å²) in [6.45, 7) is 10.8. The van der Waals surface area contributed by atoms with Gasteiger partial charge in [-0.1, -0.05) is 48.5 Å². The summed E-state index contributed by atoms with van der Waals surface area (Å²) in [7, 11) is -13.5. The molecule has 1 heterocycles. The molecule has 16 nitrogen and oxygen atoms in total. The number of benzene rings is 4. The Morgan fingerprint density at radius 3 is 0.706 bits per heavy atom. The van der Waals surface area contributed by atoms with Crippen molar-refractivity contribution in [2.24, 2.45) is 0 Å². The maximum absolute atomic E-state index is 11.8. The predicted octanol–water partition coefficient (Wildman–Crippen LogP) is 5.23. The molecule has 1 fully saturated rings. The number of hydrogen-bond acceptors (Lipinski definition) is 12. The molecule has 20 heteroatoms. The van der Waals surface area contributed by atoms with E-state index in [1.165, 1.54) is 0 Å². The number of nitrogens with zero attached hydrogens (tertiary/aromatic N) is 4. The smallest absolute Gasteiger partial charge is 0.229 e. The van der Waals surface area contributed by atoms with Crippen LogP contribution in [0.15, 0.2) is 97.1 Å². The molecule has 1 saturated heterocycles. The SMILES string of the molecule is CS(=O)(=O)Nc1ccc(CCN2CCCCN(CCc3ccc(NS(C)(=O)=O)cc3)CCN(CCc3ccc(NS(C)(=O)=O)cc3)CCCN(CCc3ccc(NS(C)(=O)=O)cc3)CCC2)cc1. The number of sulfonamides is 4. The minimum absolute atomic E-state index is 0.541. The van der Waals surface area contributed by atoms with Gasteiger partial charge in [-0.15, -0.1) is 0 Å². The van der Waals surface area contributed by atoms with E-state index in [9.17, 15) is 33.7 Å². The van der Waals surface area contributed by atoms with E-state index < -0.39 is 40.1 Å². The molecule has 1 aliphatic heterocycles. The lowest BCUT2D eigenvalue weighted by atomic mass is 10.1. The first kappa shape index (κ1) is 54.7. The molecular weight excluding hydrogens is 945 g/mol. The van der Waals surface area contributed by atoms with Crippen LogP contribution >= 0.6 is 0 Å². The molecule has 0 aliphatic carbocycles. The zero-order chi connectivity index (χ0) is 49.2. The van der Waals surface area contributed by atoms with Crippen molar-refractivity contribution >= 4 is 62.8 Å². The number of rotatable bonds is 20. The Morgan fingerprint density at radius 1 is 0.309 bits per heavy atom. The first-order valence-electron chi connectivity index (χ1n) is 23.3. The Morgan fingerprint density at radius 2 is 0.500 bits per heavy atom. The second-order valence-electron chi connectivity index (χ2n) is 18.1. The van der Waals surface area contributed by atoms with E-state index in [2.05, 4.69) is 38.5 Å². The Labute approximate surface area is 407 Å². The molecule has 0 radical (unpaired) electrons. The van der Waals surface area contributed by atoms with Gasteiger partial charge in [-0.05, 0) is 161 Å². The quantitative estimate of drug-likeness (QED) is 0.0902. The number of hydrogen-bond donors (Lipinski definition) is 4. The van der Waals surface area contributed by atoms with Crippen LogP contribution in [0.4, 0.5) is 22.7 Å². The van der Waals surface area contributed by atoms with Gasteiger partial charge in [-0.2, -0.15) is 0 Å². The summed E-state index contributed by atoms with van der Waals surface area (Å²) in [4.78, 5) is 10.2. The highest BCUT2D eigenvalue weighted by molar-refractivity contribution is 7.92. The largest absolute Gasteiger partial charge is 0.303 e. The molecule has 5 rings (SSSR count). The molecule has 376 valence electrons. The fourth-order valence-corrected chi connectivity index (χ4v) is 10.6. The molecule has 0 bridgehead atoms. The Balaban J connectivity index is 1.31. The van der Waals surface area contributed by atoms with Gasteiger partial charge < -0.3 is 19.6 Å². The van der Waals surface area contributed by atoms with E-state index in [1.807, 2.05) is 97.1 Å². The summed E-state index contributed by atoms with van der Waals surface area (Å²) in [5.41, 5.74) is 6.72. The molecular formula is C48H72N8O8S4. The van der Waals surface area contributed by atoms with Gasteiger partial charge in [-0.3, -0.25) is 18.9 Å². The lowest BCUT2D eigenvalue weighted by Gasteiger charge is -2.31. The van der Waals surface area contributed by atoms with E-state index in [-0.39, 0.29) is 0 Å². The van der Waals surface area contributed by atoms with Crippen molar-refractivity contribution in [2.75, 3.05) is 122 Å². The van der Waals surface area contributed by atoms with E-state index in [0.717, 1.165) is 177 Å². The summed E-state index contributed by atoms with van der Waals surface area (Å²) in [5, 5.41) is 0. The van der Waals surface area contributed by atoms with Crippen LogP contribution in [0, 0.1) is 0 Å².